The van der Waals surface area contributed by atoms with Gasteiger partial charge in [-0.2, -0.15) is 0 Å². The van der Waals surface area contributed by atoms with Crippen molar-refractivity contribution >= 4 is 5.91 Å². The van der Waals surface area contributed by atoms with Crippen molar-refractivity contribution in [2.75, 3.05) is 27.2 Å². The predicted octanol–water partition coefficient (Wildman–Crippen LogP) is 3.91. The fourth-order valence-electron chi connectivity index (χ4n) is 3.79. The molecule has 1 aliphatic rings. The molecule has 0 radical (unpaired) electrons. The lowest BCUT2D eigenvalue weighted by molar-refractivity contribution is -0.128. The van der Waals surface area contributed by atoms with Gasteiger partial charge >= 0.3 is 0 Å². The third-order valence-electron chi connectivity index (χ3n) is 5.14. The second-order valence-electron chi connectivity index (χ2n) is 7.81. The monoisotopic (exact) mass is 366 g/mol. The van der Waals surface area contributed by atoms with Crippen LogP contribution in [0.4, 0.5) is 0 Å². The summed E-state index contributed by atoms with van der Waals surface area (Å²) < 4.78 is 5.22. The molecular weight excluding hydrogens is 336 g/mol. The molecule has 1 amide bonds. The van der Waals surface area contributed by atoms with Gasteiger partial charge in [-0.25, -0.2) is 0 Å². The van der Waals surface area contributed by atoms with Gasteiger partial charge in [0.1, 0.15) is 11.9 Å². The smallest absolute Gasteiger partial charge is 0.238 e. The topological polar surface area (TPSA) is 32.8 Å². The summed E-state index contributed by atoms with van der Waals surface area (Å²) in [5, 5.41) is 0. The van der Waals surface area contributed by atoms with Crippen molar-refractivity contribution in [3.05, 3.63) is 65.2 Å². The summed E-state index contributed by atoms with van der Waals surface area (Å²) in [5.41, 5.74) is 3.75. The van der Waals surface area contributed by atoms with E-state index in [2.05, 4.69) is 55.1 Å². The van der Waals surface area contributed by atoms with Crippen molar-refractivity contribution in [3.8, 4) is 5.75 Å². The van der Waals surface area contributed by atoms with Crippen LogP contribution in [-0.4, -0.2) is 43.0 Å². The number of rotatable bonds is 7. The molecule has 0 aromatic heterocycles. The average molecular weight is 367 g/mol. The van der Waals surface area contributed by atoms with E-state index in [4.69, 9.17) is 4.74 Å². The summed E-state index contributed by atoms with van der Waals surface area (Å²) >= 11 is 0. The van der Waals surface area contributed by atoms with Gasteiger partial charge in [-0.1, -0.05) is 50.2 Å². The molecular formula is C23H30N2O2. The third kappa shape index (κ3) is 4.69. The van der Waals surface area contributed by atoms with Gasteiger partial charge in [0.05, 0.1) is 13.7 Å². The van der Waals surface area contributed by atoms with Crippen molar-refractivity contribution in [1.29, 1.82) is 0 Å². The van der Waals surface area contributed by atoms with Crippen molar-refractivity contribution in [2.45, 2.75) is 32.9 Å². The number of ether oxygens (including phenoxy) is 1. The quantitative estimate of drug-likeness (QED) is 0.745. The Morgan fingerprint density at radius 2 is 1.67 bits per heavy atom. The summed E-state index contributed by atoms with van der Waals surface area (Å²) in [6.07, 6.45) is 1.94. The summed E-state index contributed by atoms with van der Waals surface area (Å²) in [5.74, 6) is 1.70. The number of benzene rings is 2. The number of nitrogens with zero attached hydrogens (tertiary/aromatic N) is 2. The van der Waals surface area contributed by atoms with E-state index in [0.717, 1.165) is 18.6 Å². The molecule has 1 saturated heterocycles. The van der Waals surface area contributed by atoms with Gasteiger partial charge in [0.15, 0.2) is 0 Å². The van der Waals surface area contributed by atoms with E-state index < -0.39 is 0 Å². The van der Waals surface area contributed by atoms with Gasteiger partial charge in [-0.15, -0.1) is 0 Å². The first kappa shape index (κ1) is 19.4. The van der Waals surface area contributed by atoms with Crippen LogP contribution in [-0.2, 0) is 17.6 Å². The fraction of sp³-hybridized carbons (Fsp3) is 0.435. The maximum Gasteiger partial charge on any atom is 0.238 e. The highest BCUT2D eigenvalue weighted by atomic mass is 16.5. The number of hydrogen-bond acceptors (Lipinski definition) is 3. The van der Waals surface area contributed by atoms with Crippen LogP contribution in [0.25, 0.3) is 0 Å². The second-order valence-corrected chi connectivity index (χ2v) is 7.81. The molecule has 2 aromatic carbocycles. The van der Waals surface area contributed by atoms with E-state index in [-0.39, 0.29) is 12.1 Å². The molecule has 0 aliphatic carbocycles. The Hall–Kier alpha value is -2.33. The molecule has 4 heteroatoms. The standard InChI is InChI=1S/C23H30N2O2/c1-17(2)15-19-5-9-20(10-6-19)23-24(3)16-22(26)25(23)14-13-18-7-11-21(27-4)12-8-18/h5-12,17,23H,13-16H2,1-4H3. The lowest BCUT2D eigenvalue weighted by Gasteiger charge is -2.28. The van der Waals surface area contributed by atoms with Gasteiger partial charge < -0.3 is 9.64 Å². The Morgan fingerprint density at radius 1 is 1.04 bits per heavy atom. The molecule has 1 unspecified atom stereocenters. The molecule has 144 valence electrons. The lowest BCUT2D eigenvalue weighted by Crippen LogP contribution is -2.32. The molecule has 0 saturated carbocycles. The van der Waals surface area contributed by atoms with Gasteiger partial charge in [-0.05, 0) is 54.6 Å². The first-order valence-electron chi connectivity index (χ1n) is 9.69. The Bertz CT molecular complexity index is 753. The molecule has 0 bridgehead atoms. The zero-order valence-corrected chi connectivity index (χ0v) is 16.8. The highest BCUT2D eigenvalue weighted by molar-refractivity contribution is 5.81. The molecule has 0 spiro atoms. The third-order valence-corrected chi connectivity index (χ3v) is 5.14. The Labute approximate surface area is 162 Å². The van der Waals surface area contributed by atoms with E-state index in [0.29, 0.717) is 19.0 Å². The molecule has 1 heterocycles. The Kier molecular flexibility index (Phi) is 6.17. The maximum absolute atomic E-state index is 12.6. The molecule has 1 atom stereocenters. The lowest BCUT2D eigenvalue weighted by atomic mass is 10.0. The van der Waals surface area contributed by atoms with E-state index in [9.17, 15) is 4.79 Å². The van der Waals surface area contributed by atoms with Crippen LogP contribution in [0.1, 0.15) is 36.7 Å². The first-order chi connectivity index (χ1) is 13.0. The molecule has 0 N–H and O–H groups in total. The van der Waals surface area contributed by atoms with Gasteiger partial charge in [0.2, 0.25) is 5.91 Å². The van der Waals surface area contributed by atoms with Crippen molar-refractivity contribution < 1.29 is 9.53 Å². The Balaban J connectivity index is 1.71. The number of likely N-dealkylation sites (N-methyl/N-ethyl adjacent to an activating group) is 1. The van der Waals surface area contributed by atoms with E-state index in [1.807, 2.05) is 24.1 Å². The van der Waals surface area contributed by atoms with Crippen LogP contribution in [0.5, 0.6) is 5.75 Å². The van der Waals surface area contributed by atoms with Crippen LogP contribution < -0.4 is 4.74 Å². The SMILES string of the molecule is COc1ccc(CCN2C(=O)CN(C)C2c2ccc(CC(C)C)cc2)cc1. The minimum atomic E-state index is 0.0175. The zero-order chi connectivity index (χ0) is 19.4. The van der Waals surface area contributed by atoms with Crippen LogP contribution in [0, 0.1) is 5.92 Å². The molecule has 27 heavy (non-hydrogen) atoms. The van der Waals surface area contributed by atoms with Gasteiger partial charge in [0.25, 0.3) is 0 Å². The number of carbonyl (C=O) groups is 1. The molecule has 3 rings (SSSR count). The van der Waals surface area contributed by atoms with Crippen molar-refractivity contribution in [1.82, 2.24) is 9.80 Å². The largest absolute Gasteiger partial charge is 0.497 e. The Morgan fingerprint density at radius 3 is 2.26 bits per heavy atom. The average Bonchev–Trinajstić information content (AvgIpc) is 2.94. The minimum absolute atomic E-state index is 0.0175. The summed E-state index contributed by atoms with van der Waals surface area (Å²) in [7, 11) is 3.70. The van der Waals surface area contributed by atoms with Crippen molar-refractivity contribution in [2.24, 2.45) is 5.92 Å². The van der Waals surface area contributed by atoms with Crippen LogP contribution >= 0.6 is 0 Å². The fourth-order valence-corrected chi connectivity index (χ4v) is 3.79. The molecule has 4 nitrogen and oxygen atoms in total. The second kappa shape index (κ2) is 8.57. The van der Waals surface area contributed by atoms with Crippen molar-refractivity contribution in [3.63, 3.8) is 0 Å². The van der Waals surface area contributed by atoms with Crippen LogP contribution in [0.2, 0.25) is 0 Å². The maximum atomic E-state index is 12.6. The zero-order valence-electron chi connectivity index (χ0n) is 16.8. The number of methoxy groups -OCH3 is 1. The number of amides is 1. The number of carbonyl (C=O) groups excluding carboxylic acids is 1. The van der Waals surface area contributed by atoms with E-state index in [1.54, 1.807) is 7.11 Å². The van der Waals surface area contributed by atoms with Gasteiger partial charge in [0, 0.05) is 6.54 Å². The summed E-state index contributed by atoms with van der Waals surface area (Å²) in [4.78, 5) is 16.7. The van der Waals surface area contributed by atoms with E-state index in [1.165, 1.54) is 16.7 Å². The summed E-state index contributed by atoms with van der Waals surface area (Å²) in [6, 6.07) is 16.8. The predicted molar refractivity (Wildman–Crippen MR) is 109 cm³/mol. The highest BCUT2D eigenvalue weighted by Crippen LogP contribution is 2.30. The minimum Gasteiger partial charge on any atom is -0.497 e. The van der Waals surface area contributed by atoms with Crippen LogP contribution in [0.3, 0.4) is 0 Å². The van der Waals surface area contributed by atoms with Gasteiger partial charge in [-0.3, -0.25) is 9.69 Å². The van der Waals surface area contributed by atoms with E-state index >= 15 is 0 Å². The summed E-state index contributed by atoms with van der Waals surface area (Å²) in [6.45, 7) is 5.66. The highest BCUT2D eigenvalue weighted by Gasteiger charge is 2.36. The molecule has 1 fully saturated rings. The van der Waals surface area contributed by atoms with Crippen LogP contribution in [0.15, 0.2) is 48.5 Å². The molecule has 1 aliphatic heterocycles. The molecule has 2 aromatic rings. The first-order valence-corrected chi connectivity index (χ1v) is 9.69. The number of hydrogen-bond donors (Lipinski definition) is 0. The normalized spacial score (nSPS) is 17.7.